The fourth-order valence-corrected chi connectivity index (χ4v) is 2.37. The predicted molar refractivity (Wildman–Crippen MR) is 88.3 cm³/mol. The Kier molecular flexibility index (Phi) is 5.08. The smallest absolute Gasteiger partial charge is 0.411 e. The van der Waals surface area contributed by atoms with Gasteiger partial charge >= 0.3 is 6.09 Å². The summed E-state index contributed by atoms with van der Waals surface area (Å²) in [5.74, 6) is 0.700. The van der Waals surface area contributed by atoms with E-state index in [9.17, 15) is 4.79 Å². The van der Waals surface area contributed by atoms with E-state index in [1.54, 1.807) is 17.3 Å². The number of nitrogens with zero attached hydrogens (tertiary/aromatic N) is 2. The Labute approximate surface area is 138 Å². The SMILES string of the molecule is CC(C)(C)OC(=O)N1CC=C[C@H]1COc1cncc([123I])c1. The quantitative estimate of drug-likeness (QED) is 0.580. The minimum atomic E-state index is -0.495. The summed E-state index contributed by atoms with van der Waals surface area (Å²) >= 11 is 2.18. The van der Waals surface area contributed by atoms with Crippen molar-refractivity contribution < 1.29 is 14.3 Å². The second-order valence-corrected chi connectivity index (χ2v) is 7.02. The minimum Gasteiger partial charge on any atom is -0.489 e. The fraction of sp³-hybridized carbons (Fsp3) is 0.467. The summed E-state index contributed by atoms with van der Waals surface area (Å²) in [7, 11) is 0. The molecule has 1 aliphatic rings. The first-order chi connectivity index (χ1) is 9.85. The molecule has 6 heteroatoms. The first-order valence-corrected chi connectivity index (χ1v) is 7.83. The van der Waals surface area contributed by atoms with Gasteiger partial charge in [0.25, 0.3) is 0 Å². The average molecular weight is 398 g/mol. The third-order valence-corrected chi connectivity index (χ3v) is 3.38. The van der Waals surface area contributed by atoms with E-state index < -0.39 is 5.60 Å². The standard InChI is InChI=1S/C15H19IN2O3/c1-15(2,3)21-14(19)18-6-4-5-12(18)10-20-13-7-11(16)8-17-9-13/h4-5,7-9,12H,6,10H2,1-3H3/t12-/m0/s1/i16-4. The predicted octanol–water partition coefficient (Wildman–Crippen LogP) is 3.24. The second-order valence-electron chi connectivity index (χ2n) is 5.78. The molecule has 1 atom stereocenters. The molecular formula is C15H19IN2O3. The van der Waals surface area contributed by atoms with Crippen LogP contribution in [0.4, 0.5) is 4.79 Å². The van der Waals surface area contributed by atoms with Gasteiger partial charge in [0.05, 0.1) is 12.2 Å². The van der Waals surface area contributed by atoms with E-state index in [1.807, 2.05) is 39.0 Å². The summed E-state index contributed by atoms with van der Waals surface area (Å²) in [5, 5.41) is 0. The fourth-order valence-electron chi connectivity index (χ4n) is 1.90. The molecule has 1 amide bonds. The van der Waals surface area contributed by atoms with Crippen LogP contribution in [0.1, 0.15) is 20.8 Å². The van der Waals surface area contributed by atoms with Gasteiger partial charge in [0.15, 0.2) is 0 Å². The van der Waals surface area contributed by atoms with Crippen LogP contribution in [-0.2, 0) is 4.74 Å². The van der Waals surface area contributed by atoms with Crippen molar-refractivity contribution >= 4 is 28.7 Å². The van der Waals surface area contributed by atoms with Crippen molar-refractivity contribution in [1.29, 1.82) is 0 Å². The number of hydrogen-bond acceptors (Lipinski definition) is 4. The van der Waals surface area contributed by atoms with E-state index in [2.05, 4.69) is 27.6 Å². The van der Waals surface area contributed by atoms with Gasteiger partial charge in [0.1, 0.15) is 18.0 Å². The zero-order chi connectivity index (χ0) is 15.5. The van der Waals surface area contributed by atoms with Crippen molar-refractivity contribution in [2.45, 2.75) is 32.4 Å². The number of carbonyl (C=O) groups excluding carboxylic acids is 1. The first kappa shape index (κ1) is 16.1. The van der Waals surface area contributed by atoms with Crippen LogP contribution in [-0.4, -0.2) is 40.8 Å². The normalized spacial score (nSPS) is 17.9. The molecule has 21 heavy (non-hydrogen) atoms. The van der Waals surface area contributed by atoms with Gasteiger partial charge in [-0.25, -0.2) is 4.79 Å². The zero-order valence-electron chi connectivity index (χ0n) is 12.4. The topological polar surface area (TPSA) is 51.7 Å². The highest BCUT2D eigenvalue weighted by Crippen LogP contribution is 2.18. The van der Waals surface area contributed by atoms with Crippen LogP contribution in [0.25, 0.3) is 0 Å². The van der Waals surface area contributed by atoms with Crippen LogP contribution in [0, 0.1) is 3.57 Å². The minimum absolute atomic E-state index is 0.113. The van der Waals surface area contributed by atoms with Crippen molar-refractivity contribution in [2.75, 3.05) is 13.2 Å². The van der Waals surface area contributed by atoms with Crippen LogP contribution in [0.2, 0.25) is 0 Å². The Morgan fingerprint density at radius 3 is 2.90 bits per heavy atom. The molecule has 0 saturated carbocycles. The van der Waals surface area contributed by atoms with Crippen molar-refractivity contribution in [1.82, 2.24) is 9.88 Å². The summed E-state index contributed by atoms with van der Waals surface area (Å²) in [6, 6.07) is 1.79. The van der Waals surface area contributed by atoms with Crippen molar-refractivity contribution in [3.63, 3.8) is 0 Å². The molecule has 114 valence electrons. The molecule has 0 spiro atoms. The Morgan fingerprint density at radius 1 is 1.48 bits per heavy atom. The van der Waals surface area contributed by atoms with Crippen LogP contribution < -0.4 is 4.74 Å². The lowest BCUT2D eigenvalue weighted by molar-refractivity contribution is 0.0208. The number of carbonyl (C=O) groups is 1. The first-order valence-electron chi connectivity index (χ1n) is 6.75. The molecule has 1 aliphatic heterocycles. The maximum absolute atomic E-state index is 12.1. The summed E-state index contributed by atoms with van der Waals surface area (Å²) in [6.45, 7) is 6.51. The molecule has 5 nitrogen and oxygen atoms in total. The maximum atomic E-state index is 12.1. The van der Waals surface area contributed by atoms with Gasteiger partial charge in [0, 0.05) is 16.3 Å². The number of rotatable bonds is 3. The van der Waals surface area contributed by atoms with Crippen molar-refractivity contribution in [2.24, 2.45) is 0 Å². The molecule has 0 unspecified atom stereocenters. The van der Waals surface area contributed by atoms with E-state index in [1.165, 1.54) is 0 Å². The highest BCUT2D eigenvalue weighted by molar-refractivity contribution is 14.1. The van der Waals surface area contributed by atoms with Crippen molar-refractivity contribution in [3.8, 4) is 5.75 Å². The molecule has 2 rings (SSSR count). The average Bonchev–Trinajstić information content (AvgIpc) is 2.83. The Morgan fingerprint density at radius 2 is 2.24 bits per heavy atom. The van der Waals surface area contributed by atoms with Gasteiger partial charge < -0.3 is 9.47 Å². The van der Waals surface area contributed by atoms with Gasteiger partial charge in [-0.05, 0) is 49.4 Å². The lowest BCUT2D eigenvalue weighted by atomic mass is 10.2. The van der Waals surface area contributed by atoms with Gasteiger partial charge in [-0.2, -0.15) is 0 Å². The largest absolute Gasteiger partial charge is 0.489 e. The number of hydrogen-bond donors (Lipinski definition) is 0. The van der Waals surface area contributed by atoms with E-state index in [-0.39, 0.29) is 12.1 Å². The maximum Gasteiger partial charge on any atom is 0.411 e. The van der Waals surface area contributed by atoms with Crippen LogP contribution in [0.5, 0.6) is 5.75 Å². The van der Waals surface area contributed by atoms with Gasteiger partial charge in [-0.1, -0.05) is 12.2 Å². The molecule has 0 N–H and O–H groups in total. The van der Waals surface area contributed by atoms with Crippen LogP contribution in [0.15, 0.2) is 30.6 Å². The molecule has 0 aliphatic carbocycles. The van der Waals surface area contributed by atoms with E-state index >= 15 is 0 Å². The van der Waals surface area contributed by atoms with Crippen LogP contribution in [0.3, 0.4) is 0 Å². The number of aromatic nitrogens is 1. The Balaban J connectivity index is 1.93. The zero-order valence-corrected chi connectivity index (χ0v) is 14.5. The Hall–Kier alpha value is -1.31. The number of amides is 1. The summed E-state index contributed by atoms with van der Waals surface area (Å²) in [6.07, 6.45) is 7.02. The third kappa shape index (κ3) is 4.87. The molecule has 0 saturated heterocycles. The monoisotopic (exact) mass is 398 g/mol. The Bertz CT molecular complexity index is 540. The van der Waals surface area contributed by atoms with E-state index in [4.69, 9.17) is 9.47 Å². The summed E-state index contributed by atoms with van der Waals surface area (Å²) in [5.41, 5.74) is -0.495. The second kappa shape index (κ2) is 6.64. The highest BCUT2D eigenvalue weighted by atomic mass is 123. The van der Waals surface area contributed by atoms with Gasteiger partial charge in [-0.15, -0.1) is 0 Å². The lowest BCUT2D eigenvalue weighted by Gasteiger charge is -2.28. The van der Waals surface area contributed by atoms with Gasteiger partial charge in [0.2, 0.25) is 0 Å². The molecule has 0 fully saturated rings. The third-order valence-electron chi connectivity index (χ3n) is 2.79. The summed E-state index contributed by atoms with van der Waals surface area (Å²) in [4.78, 5) is 17.9. The number of halogens is 1. The molecule has 0 bridgehead atoms. The van der Waals surface area contributed by atoms with E-state index in [0.717, 1.165) is 3.57 Å². The van der Waals surface area contributed by atoms with Gasteiger partial charge in [-0.3, -0.25) is 9.88 Å². The molecule has 0 aromatic carbocycles. The number of pyridine rings is 1. The van der Waals surface area contributed by atoms with E-state index in [0.29, 0.717) is 18.9 Å². The molecule has 0 radical (unpaired) electrons. The lowest BCUT2D eigenvalue weighted by Crippen LogP contribution is -2.42. The molecule has 1 aromatic rings. The highest BCUT2D eigenvalue weighted by Gasteiger charge is 2.29. The number of ether oxygens (including phenoxy) is 2. The molecule has 1 aromatic heterocycles. The van der Waals surface area contributed by atoms with Crippen molar-refractivity contribution in [3.05, 3.63) is 34.2 Å². The molecular weight excluding hydrogens is 379 g/mol. The van der Waals surface area contributed by atoms with Crippen LogP contribution >= 0.6 is 22.6 Å². The summed E-state index contributed by atoms with van der Waals surface area (Å²) < 4.78 is 12.1. The molecule has 2 heterocycles.